The summed E-state index contributed by atoms with van der Waals surface area (Å²) in [5.41, 5.74) is 8.18. The lowest BCUT2D eigenvalue weighted by molar-refractivity contribution is 0.806. The first-order chi connectivity index (χ1) is 7.79. The van der Waals surface area contributed by atoms with Crippen LogP contribution in [0.3, 0.4) is 0 Å². The second-order valence-corrected chi connectivity index (χ2v) is 4.79. The van der Waals surface area contributed by atoms with Crippen LogP contribution in [-0.4, -0.2) is 6.54 Å². The van der Waals surface area contributed by atoms with E-state index in [1.165, 1.54) is 10.4 Å². The van der Waals surface area contributed by atoms with Gasteiger partial charge in [-0.1, -0.05) is 23.8 Å². The first-order valence-corrected chi connectivity index (χ1v) is 6.24. The lowest BCUT2D eigenvalue weighted by atomic mass is 10.2. The van der Waals surface area contributed by atoms with Gasteiger partial charge in [-0.3, -0.25) is 0 Å². The Morgan fingerprint density at radius 2 is 2.00 bits per heavy atom. The van der Waals surface area contributed by atoms with Gasteiger partial charge in [-0.05, 0) is 30.5 Å². The van der Waals surface area contributed by atoms with Crippen molar-refractivity contribution in [3.05, 3.63) is 52.2 Å². The molecule has 1 aromatic carbocycles. The Hall–Kier alpha value is -1.32. The number of benzene rings is 1. The molecule has 0 saturated carbocycles. The van der Waals surface area contributed by atoms with E-state index in [-0.39, 0.29) is 6.04 Å². The van der Waals surface area contributed by atoms with E-state index in [0.29, 0.717) is 6.54 Å². The molecular formula is C13H16N2S. The Morgan fingerprint density at radius 1 is 1.25 bits per heavy atom. The fourth-order valence-corrected chi connectivity index (χ4v) is 2.38. The minimum atomic E-state index is 0.211. The quantitative estimate of drug-likeness (QED) is 0.849. The summed E-state index contributed by atoms with van der Waals surface area (Å²) in [7, 11) is 0. The summed E-state index contributed by atoms with van der Waals surface area (Å²) in [5.74, 6) is 0. The zero-order valence-corrected chi connectivity index (χ0v) is 10.1. The highest BCUT2D eigenvalue weighted by atomic mass is 32.1. The van der Waals surface area contributed by atoms with Crippen molar-refractivity contribution < 1.29 is 0 Å². The molecule has 3 N–H and O–H groups in total. The van der Waals surface area contributed by atoms with Crippen molar-refractivity contribution in [3.8, 4) is 0 Å². The van der Waals surface area contributed by atoms with E-state index >= 15 is 0 Å². The van der Waals surface area contributed by atoms with Crippen LogP contribution in [0.2, 0.25) is 0 Å². The Labute approximate surface area is 100 Å². The summed E-state index contributed by atoms with van der Waals surface area (Å²) in [6, 6.07) is 12.8. The summed E-state index contributed by atoms with van der Waals surface area (Å²) in [5, 5.41) is 5.52. The van der Waals surface area contributed by atoms with Crippen LogP contribution in [0.5, 0.6) is 0 Å². The number of rotatable bonds is 4. The third kappa shape index (κ3) is 2.62. The zero-order valence-electron chi connectivity index (χ0n) is 9.31. The van der Waals surface area contributed by atoms with E-state index in [1.807, 2.05) is 0 Å². The van der Waals surface area contributed by atoms with E-state index in [9.17, 15) is 0 Å². The number of aryl methyl sites for hydroxylation is 1. The Bertz CT molecular complexity index is 420. The van der Waals surface area contributed by atoms with Gasteiger partial charge in [0, 0.05) is 17.1 Å². The van der Waals surface area contributed by atoms with Gasteiger partial charge in [0.25, 0.3) is 0 Å². The van der Waals surface area contributed by atoms with Gasteiger partial charge in [0.2, 0.25) is 0 Å². The summed E-state index contributed by atoms with van der Waals surface area (Å²) in [6.45, 7) is 2.69. The average molecular weight is 232 g/mol. The first kappa shape index (κ1) is 11.2. The van der Waals surface area contributed by atoms with Gasteiger partial charge in [-0.25, -0.2) is 0 Å². The number of anilines is 1. The van der Waals surface area contributed by atoms with E-state index in [1.54, 1.807) is 11.3 Å². The number of nitrogens with one attached hydrogen (secondary N) is 1. The molecule has 0 aliphatic heterocycles. The molecule has 1 heterocycles. The van der Waals surface area contributed by atoms with Crippen molar-refractivity contribution in [1.29, 1.82) is 0 Å². The molecule has 0 radical (unpaired) electrons. The SMILES string of the molecule is Cc1ccc(NC(CN)c2cccs2)cc1. The molecule has 0 aliphatic rings. The van der Waals surface area contributed by atoms with Crippen LogP contribution in [0.25, 0.3) is 0 Å². The summed E-state index contributed by atoms with van der Waals surface area (Å²) < 4.78 is 0. The van der Waals surface area contributed by atoms with Gasteiger partial charge in [-0.15, -0.1) is 11.3 Å². The van der Waals surface area contributed by atoms with Gasteiger partial charge in [0.05, 0.1) is 6.04 Å². The van der Waals surface area contributed by atoms with Crippen LogP contribution in [-0.2, 0) is 0 Å². The van der Waals surface area contributed by atoms with Crippen molar-refractivity contribution >= 4 is 17.0 Å². The largest absolute Gasteiger partial charge is 0.376 e. The number of hydrogen-bond donors (Lipinski definition) is 2. The second-order valence-electron chi connectivity index (χ2n) is 3.81. The highest BCUT2D eigenvalue weighted by molar-refractivity contribution is 7.10. The Balaban J connectivity index is 2.10. The predicted octanol–water partition coefficient (Wildman–Crippen LogP) is 3.17. The van der Waals surface area contributed by atoms with Crippen molar-refractivity contribution in [2.45, 2.75) is 13.0 Å². The maximum absolute atomic E-state index is 5.79. The molecular weight excluding hydrogens is 216 g/mol. The Morgan fingerprint density at radius 3 is 2.56 bits per heavy atom. The molecule has 0 fully saturated rings. The molecule has 84 valence electrons. The fourth-order valence-electron chi connectivity index (χ4n) is 1.59. The molecule has 1 unspecified atom stereocenters. The molecule has 0 saturated heterocycles. The third-order valence-corrected chi connectivity index (χ3v) is 3.50. The van der Waals surface area contributed by atoms with E-state index in [2.05, 4.69) is 54.0 Å². The minimum absolute atomic E-state index is 0.211. The summed E-state index contributed by atoms with van der Waals surface area (Å²) in [6.07, 6.45) is 0. The molecule has 0 amide bonds. The third-order valence-electron chi connectivity index (χ3n) is 2.51. The molecule has 0 spiro atoms. The lowest BCUT2D eigenvalue weighted by Crippen LogP contribution is -2.19. The van der Waals surface area contributed by atoms with Crippen molar-refractivity contribution in [2.75, 3.05) is 11.9 Å². The summed E-state index contributed by atoms with van der Waals surface area (Å²) in [4.78, 5) is 1.28. The fraction of sp³-hybridized carbons (Fsp3) is 0.231. The zero-order chi connectivity index (χ0) is 11.4. The van der Waals surface area contributed by atoms with Crippen LogP contribution in [0.1, 0.15) is 16.5 Å². The molecule has 2 rings (SSSR count). The molecule has 16 heavy (non-hydrogen) atoms. The average Bonchev–Trinajstić information content (AvgIpc) is 2.82. The minimum Gasteiger partial charge on any atom is -0.376 e. The maximum atomic E-state index is 5.79. The van der Waals surface area contributed by atoms with Crippen LogP contribution >= 0.6 is 11.3 Å². The van der Waals surface area contributed by atoms with Gasteiger partial charge in [0.1, 0.15) is 0 Å². The lowest BCUT2D eigenvalue weighted by Gasteiger charge is -2.16. The smallest absolute Gasteiger partial charge is 0.0728 e. The predicted molar refractivity (Wildman–Crippen MR) is 70.9 cm³/mol. The first-order valence-electron chi connectivity index (χ1n) is 5.36. The molecule has 1 aromatic heterocycles. The van der Waals surface area contributed by atoms with Crippen LogP contribution < -0.4 is 11.1 Å². The molecule has 0 bridgehead atoms. The van der Waals surface area contributed by atoms with E-state index in [4.69, 9.17) is 5.73 Å². The van der Waals surface area contributed by atoms with Gasteiger partial charge in [-0.2, -0.15) is 0 Å². The van der Waals surface area contributed by atoms with Crippen molar-refractivity contribution in [3.63, 3.8) is 0 Å². The van der Waals surface area contributed by atoms with E-state index in [0.717, 1.165) is 5.69 Å². The molecule has 2 aromatic rings. The maximum Gasteiger partial charge on any atom is 0.0728 e. The van der Waals surface area contributed by atoms with Crippen molar-refractivity contribution in [1.82, 2.24) is 0 Å². The molecule has 2 nitrogen and oxygen atoms in total. The van der Waals surface area contributed by atoms with E-state index < -0.39 is 0 Å². The molecule has 0 aliphatic carbocycles. The monoisotopic (exact) mass is 232 g/mol. The topological polar surface area (TPSA) is 38.0 Å². The van der Waals surface area contributed by atoms with Gasteiger partial charge >= 0.3 is 0 Å². The summed E-state index contributed by atoms with van der Waals surface area (Å²) >= 11 is 1.74. The highest BCUT2D eigenvalue weighted by Crippen LogP contribution is 2.22. The van der Waals surface area contributed by atoms with Gasteiger partial charge < -0.3 is 11.1 Å². The van der Waals surface area contributed by atoms with Crippen LogP contribution in [0, 0.1) is 6.92 Å². The highest BCUT2D eigenvalue weighted by Gasteiger charge is 2.09. The number of thiophene rings is 1. The molecule has 3 heteroatoms. The van der Waals surface area contributed by atoms with Crippen molar-refractivity contribution in [2.24, 2.45) is 5.73 Å². The Kier molecular flexibility index (Phi) is 3.59. The number of nitrogens with two attached hydrogens (primary N) is 1. The van der Waals surface area contributed by atoms with Crippen LogP contribution in [0.15, 0.2) is 41.8 Å². The normalized spacial score (nSPS) is 12.4. The van der Waals surface area contributed by atoms with Gasteiger partial charge in [0.15, 0.2) is 0 Å². The standard InChI is InChI=1S/C13H16N2S/c1-10-4-6-11(7-5-10)15-12(9-14)13-3-2-8-16-13/h2-8,12,15H,9,14H2,1H3. The van der Waals surface area contributed by atoms with Crippen LogP contribution in [0.4, 0.5) is 5.69 Å². The number of hydrogen-bond acceptors (Lipinski definition) is 3. The molecule has 1 atom stereocenters. The second kappa shape index (κ2) is 5.14.